The minimum Gasteiger partial charge on any atom is -0.475 e. The van der Waals surface area contributed by atoms with Crippen LogP contribution in [-0.4, -0.2) is 72.1 Å². The molecule has 1 N–H and O–H groups in total. The molecular formula is C22H28F4N2O5. The Hall–Kier alpha value is -2.24. The third-order valence-electron chi connectivity index (χ3n) is 6.08. The molecule has 7 nitrogen and oxygen atoms in total. The van der Waals surface area contributed by atoms with E-state index in [0.717, 1.165) is 50.9 Å². The van der Waals surface area contributed by atoms with Crippen molar-refractivity contribution >= 4 is 11.9 Å². The number of aliphatic carboxylic acids is 1. The molecule has 3 aliphatic rings. The molecule has 0 aliphatic carbocycles. The number of amides is 1. The van der Waals surface area contributed by atoms with Crippen molar-refractivity contribution in [3.63, 3.8) is 0 Å². The highest BCUT2D eigenvalue weighted by molar-refractivity contribution is 5.78. The van der Waals surface area contributed by atoms with Crippen molar-refractivity contribution < 1.29 is 41.8 Å². The molecule has 3 fully saturated rings. The van der Waals surface area contributed by atoms with Gasteiger partial charge in [0.2, 0.25) is 5.91 Å². The Morgan fingerprint density at radius 3 is 2.36 bits per heavy atom. The quantitative estimate of drug-likeness (QED) is 0.675. The van der Waals surface area contributed by atoms with Crippen LogP contribution in [0.3, 0.4) is 0 Å². The van der Waals surface area contributed by atoms with E-state index in [-0.39, 0.29) is 29.7 Å². The number of carboxylic acids is 1. The molecule has 0 spiro atoms. The summed E-state index contributed by atoms with van der Waals surface area (Å²) in [4.78, 5) is 29.9. The fraction of sp³-hybridized carbons (Fsp3) is 0.636. The normalized spacial score (nSPS) is 26.1. The van der Waals surface area contributed by atoms with Crippen LogP contribution in [0.5, 0.6) is 0 Å². The summed E-state index contributed by atoms with van der Waals surface area (Å²) in [7, 11) is 0. The molecule has 11 heteroatoms. The van der Waals surface area contributed by atoms with Crippen LogP contribution in [0.2, 0.25) is 0 Å². The number of benzene rings is 1. The predicted molar refractivity (Wildman–Crippen MR) is 108 cm³/mol. The summed E-state index contributed by atoms with van der Waals surface area (Å²) >= 11 is 0. The number of alkyl halides is 3. The summed E-state index contributed by atoms with van der Waals surface area (Å²) in [5.74, 6) is -2.65. The van der Waals surface area contributed by atoms with E-state index in [4.69, 9.17) is 19.5 Å². The Balaban J connectivity index is 0.000000383. The van der Waals surface area contributed by atoms with Gasteiger partial charge in [-0.15, -0.1) is 0 Å². The average Bonchev–Trinajstić information content (AvgIpc) is 2.80. The second-order valence-corrected chi connectivity index (χ2v) is 8.40. The van der Waals surface area contributed by atoms with Gasteiger partial charge in [0, 0.05) is 44.6 Å². The van der Waals surface area contributed by atoms with Crippen molar-refractivity contribution in [2.45, 2.75) is 44.5 Å². The first-order valence-electron chi connectivity index (χ1n) is 11.0. The van der Waals surface area contributed by atoms with Crippen LogP contribution in [0.4, 0.5) is 17.6 Å². The van der Waals surface area contributed by atoms with Gasteiger partial charge >= 0.3 is 12.1 Å². The third-order valence-corrected chi connectivity index (χ3v) is 6.08. The number of carbonyl (C=O) groups is 2. The molecule has 184 valence electrons. The molecule has 4 rings (SSSR count). The van der Waals surface area contributed by atoms with Gasteiger partial charge in [0.25, 0.3) is 0 Å². The van der Waals surface area contributed by atoms with Crippen molar-refractivity contribution in [2.75, 3.05) is 32.8 Å². The van der Waals surface area contributed by atoms with Gasteiger partial charge in [-0.1, -0.05) is 12.1 Å². The van der Waals surface area contributed by atoms with E-state index in [2.05, 4.69) is 4.90 Å². The van der Waals surface area contributed by atoms with Crippen LogP contribution in [0, 0.1) is 17.7 Å². The number of halogens is 4. The first-order chi connectivity index (χ1) is 15.6. The Kier molecular flexibility index (Phi) is 8.66. The van der Waals surface area contributed by atoms with E-state index in [1.54, 1.807) is 5.06 Å². The molecule has 0 radical (unpaired) electrons. The molecule has 3 aliphatic heterocycles. The fourth-order valence-electron chi connectivity index (χ4n) is 4.44. The highest BCUT2D eigenvalue weighted by Gasteiger charge is 2.43. The first-order valence-corrected chi connectivity index (χ1v) is 11.0. The molecular weight excluding hydrogens is 448 g/mol. The van der Waals surface area contributed by atoms with Gasteiger partial charge in [0.15, 0.2) is 0 Å². The lowest BCUT2D eigenvalue weighted by atomic mass is 9.78. The number of hydrogen-bond donors (Lipinski definition) is 1. The fourth-order valence-corrected chi connectivity index (χ4v) is 4.44. The van der Waals surface area contributed by atoms with Crippen molar-refractivity contribution in [3.8, 4) is 0 Å². The summed E-state index contributed by atoms with van der Waals surface area (Å²) in [5.41, 5.74) is 1.10. The number of carbonyl (C=O) groups excluding carboxylic acids is 1. The van der Waals surface area contributed by atoms with Crippen molar-refractivity contribution in [1.29, 1.82) is 0 Å². The molecule has 33 heavy (non-hydrogen) atoms. The van der Waals surface area contributed by atoms with Crippen molar-refractivity contribution in [1.82, 2.24) is 9.96 Å². The molecule has 1 amide bonds. The first kappa shape index (κ1) is 25.4. The monoisotopic (exact) mass is 476 g/mol. The predicted octanol–water partition coefficient (Wildman–Crippen LogP) is 3.24. The number of rotatable bonds is 3. The molecule has 1 aromatic rings. The van der Waals surface area contributed by atoms with Gasteiger partial charge < -0.3 is 9.84 Å². The zero-order valence-corrected chi connectivity index (χ0v) is 18.1. The maximum atomic E-state index is 13.1. The van der Waals surface area contributed by atoms with Gasteiger partial charge in [-0.25, -0.2) is 14.2 Å². The second-order valence-electron chi connectivity index (χ2n) is 8.40. The Bertz CT molecular complexity index is 799. The van der Waals surface area contributed by atoms with Crippen LogP contribution in [0.15, 0.2) is 24.3 Å². The smallest absolute Gasteiger partial charge is 0.475 e. The SMILES string of the molecule is O=C(O)C(F)(F)F.O=C([C@@H]1CCO[C@@H]2CCN(Cc3ccc(F)cc3)C[C@H]21)N1CCCCO1. The van der Waals surface area contributed by atoms with E-state index in [1.165, 1.54) is 12.1 Å². The Morgan fingerprint density at radius 2 is 1.76 bits per heavy atom. The summed E-state index contributed by atoms with van der Waals surface area (Å²) in [6, 6.07) is 6.68. The van der Waals surface area contributed by atoms with Gasteiger partial charge in [-0.3, -0.25) is 14.5 Å². The summed E-state index contributed by atoms with van der Waals surface area (Å²) in [6.07, 6.45) is -1.18. The molecule has 0 unspecified atom stereocenters. The van der Waals surface area contributed by atoms with Gasteiger partial charge in [-0.2, -0.15) is 13.2 Å². The largest absolute Gasteiger partial charge is 0.490 e. The molecule has 3 saturated heterocycles. The molecule has 3 heterocycles. The van der Waals surface area contributed by atoms with Crippen LogP contribution in [-0.2, 0) is 25.7 Å². The topological polar surface area (TPSA) is 79.3 Å². The number of fused-ring (bicyclic) bond motifs is 1. The molecule has 0 bridgehead atoms. The van der Waals surface area contributed by atoms with Gasteiger partial charge in [-0.05, 0) is 43.4 Å². The van der Waals surface area contributed by atoms with E-state index in [1.807, 2.05) is 12.1 Å². The number of hydroxylamine groups is 2. The van der Waals surface area contributed by atoms with Crippen molar-refractivity contribution in [3.05, 3.63) is 35.6 Å². The van der Waals surface area contributed by atoms with Gasteiger partial charge in [0.1, 0.15) is 5.82 Å². The van der Waals surface area contributed by atoms with Crippen LogP contribution in [0.25, 0.3) is 0 Å². The summed E-state index contributed by atoms with van der Waals surface area (Å²) in [5, 5.41) is 8.72. The molecule has 3 atom stereocenters. The zero-order chi connectivity index (χ0) is 24.0. The maximum absolute atomic E-state index is 13.1. The minimum absolute atomic E-state index is 0.0251. The standard InChI is InChI=1S/C20H27FN2O3.C2HF3O2/c21-16-5-3-15(4-6-16)13-22-10-7-19-18(14-22)17(8-12-25-19)20(24)23-9-1-2-11-26-23;3-2(4,5)1(6)7/h3-6,17-19H,1-2,7-14H2;(H,6,7)/t17-,18+,19-;/m1./s1. The van der Waals surface area contributed by atoms with E-state index < -0.39 is 12.1 Å². The zero-order valence-electron chi connectivity index (χ0n) is 18.1. The van der Waals surface area contributed by atoms with Crippen LogP contribution in [0.1, 0.15) is 31.2 Å². The number of likely N-dealkylation sites (tertiary alicyclic amines) is 1. The van der Waals surface area contributed by atoms with Crippen LogP contribution < -0.4 is 0 Å². The van der Waals surface area contributed by atoms with E-state index in [9.17, 15) is 22.4 Å². The number of ether oxygens (including phenoxy) is 1. The number of carboxylic acid groups (broad SMARTS) is 1. The Labute approximate surface area is 189 Å². The highest BCUT2D eigenvalue weighted by Crippen LogP contribution is 2.35. The molecule has 0 saturated carbocycles. The second kappa shape index (κ2) is 11.3. The molecule has 0 aromatic heterocycles. The number of hydrogen-bond acceptors (Lipinski definition) is 5. The average molecular weight is 476 g/mol. The van der Waals surface area contributed by atoms with E-state index >= 15 is 0 Å². The molecule has 1 aromatic carbocycles. The van der Waals surface area contributed by atoms with E-state index in [0.29, 0.717) is 19.8 Å². The number of piperidine rings is 1. The minimum atomic E-state index is -5.08. The third kappa shape index (κ3) is 7.12. The Morgan fingerprint density at radius 1 is 1.06 bits per heavy atom. The lowest BCUT2D eigenvalue weighted by Crippen LogP contribution is -2.54. The lowest BCUT2D eigenvalue weighted by molar-refractivity contribution is -0.209. The summed E-state index contributed by atoms with van der Waals surface area (Å²) in [6.45, 7) is 4.56. The lowest BCUT2D eigenvalue weighted by Gasteiger charge is -2.45. The summed E-state index contributed by atoms with van der Waals surface area (Å²) < 4.78 is 50.8. The van der Waals surface area contributed by atoms with Crippen LogP contribution >= 0.6 is 0 Å². The highest BCUT2D eigenvalue weighted by atomic mass is 19.4. The number of nitrogens with zero attached hydrogens (tertiary/aromatic N) is 2. The van der Waals surface area contributed by atoms with Gasteiger partial charge in [0.05, 0.1) is 12.7 Å². The van der Waals surface area contributed by atoms with Crippen molar-refractivity contribution in [2.24, 2.45) is 11.8 Å². The maximum Gasteiger partial charge on any atom is 0.490 e.